The Morgan fingerprint density at radius 2 is 2.25 bits per heavy atom. The second-order valence-corrected chi connectivity index (χ2v) is 5.50. The van der Waals surface area contributed by atoms with Crippen LogP contribution in [0.1, 0.15) is 19.4 Å². The highest BCUT2D eigenvalue weighted by atomic mass is 79.9. The molecule has 0 bridgehead atoms. The number of hydrogen-bond acceptors (Lipinski definition) is 2. The van der Waals surface area contributed by atoms with Crippen LogP contribution in [0, 0.1) is 0 Å². The molecule has 0 amide bonds. The van der Waals surface area contributed by atoms with E-state index in [4.69, 9.17) is 0 Å². The third kappa shape index (κ3) is 2.84. The molecule has 0 radical (unpaired) electrons. The maximum atomic E-state index is 3.52. The standard InChI is InChI=1S/C13H19BrN2/c1-10-11(2)16(7-6-15-10)9-12-4-3-5-13(14)8-12/h3-5,8,10-11,15H,6-7,9H2,1-2H3. The Morgan fingerprint density at radius 1 is 1.44 bits per heavy atom. The lowest BCUT2D eigenvalue weighted by atomic mass is 10.1. The average Bonchev–Trinajstić information content (AvgIpc) is 2.25. The van der Waals surface area contributed by atoms with Gasteiger partial charge in [0.05, 0.1) is 0 Å². The smallest absolute Gasteiger partial charge is 0.0238 e. The maximum Gasteiger partial charge on any atom is 0.0238 e. The molecule has 1 aliphatic heterocycles. The number of nitrogens with one attached hydrogen (secondary N) is 1. The molecular weight excluding hydrogens is 264 g/mol. The summed E-state index contributed by atoms with van der Waals surface area (Å²) in [5, 5.41) is 3.51. The fourth-order valence-corrected chi connectivity index (χ4v) is 2.67. The molecule has 0 saturated carbocycles. The van der Waals surface area contributed by atoms with Gasteiger partial charge in [-0.25, -0.2) is 0 Å². The summed E-state index contributed by atoms with van der Waals surface area (Å²) in [6.45, 7) is 7.84. The zero-order valence-corrected chi connectivity index (χ0v) is 11.5. The number of halogens is 1. The zero-order valence-electron chi connectivity index (χ0n) is 9.91. The lowest BCUT2D eigenvalue weighted by Crippen LogP contribution is -2.54. The van der Waals surface area contributed by atoms with Crippen molar-refractivity contribution >= 4 is 15.9 Å². The largest absolute Gasteiger partial charge is 0.311 e. The van der Waals surface area contributed by atoms with Crippen molar-refractivity contribution in [2.75, 3.05) is 13.1 Å². The van der Waals surface area contributed by atoms with Gasteiger partial charge in [-0.1, -0.05) is 28.1 Å². The number of piperazine rings is 1. The van der Waals surface area contributed by atoms with E-state index in [0.717, 1.165) is 19.6 Å². The molecule has 1 aromatic carbocycles. The Morgan fingerprint density at radius 3 is 3.00 bits per heavy atom. The highest BCUT2D eigenvalue weighted by Gasteiger charge is 2.23. The fourth-order valence-electron chi connectivity index (χ4n) is 2.22. The predicted molar refractivity (Wildman–Crippen MR) is 71.5 cm³/mol. The van der Waals surface area contributed by atoms with Crippen LogP contribution < -0.4 is 5.32 Å². The topological polar surface area (TPSA) is 15.3 Å². The second kappa shape index (κ2) is 5.30. The lowest BCUT2D eigenvalue weighted by Gasteiger charge is -2.38. The second-order valence-electron chi connectivity index (χ2n) is 4.58. The van der Waals surface area contributed by atoms with E-state index in [1.807, 2.05) is 0 Å². The summed E-state index contributed by atoms with van der Waals surface area (Å²) in [5.74, 6) is 0. The van der Waals surface area contributed by atoms with Gasteiger partial charge in [-0.3, -0.25) is 4.90 Å². The molecule has 0 spiro atoms. The molecule has 1 aliphatic rings. The molecule has 88 valence electrons. The normalized spacial score (nSPS) is 26.9. The number of hydrogen-bond donors (Lipinski definition) is 1. The third-order valence-electron chi connectivity index (χ3n) is 3.44. The van der Waals surface area contributed by atoms with Crippen LogP contribution in [-0.4, -0.2) is 30.1 Å². The summed E-state index contributed by atoms with van der Waals surface area (Å²) < 4.78 is 1.17. The molecular formula is C13H19BrN2. The van der Waals surface area contributed by atoms with Gasteiger partial charge in [0.2, 0.25) is 0 Å². The molecule has 2 nitrogen and oxygen atoms in total. The van der Waals surface area contributed by atoms with Crippen molar-refractivity contribution in [3.05, 3.63) is 34.3 Å². The molecule has 1 fully saturated rings. The first-order chi connectivity index (χ1) is 7.66. The van der Waals surface area contributed by atoms with E-state index in [-0.39, 0.29) is 0 Å². The van der Waals surface area contributed by atoms with Crippen molar-refractivity contribution in [1.82, 2.24) is 10.2 Å². The summed E-state index contributed by atoms with van der Waals surface area (Å²) >= 11 is 3.52. The van der Waals surface area contributed by atoms with Crippen molar-refractivity contribution in [2.24, 2.45) is 0 Å². The van der Waals surface area contributed by atoms with Gasteiger partial charge in [0.25, 0.3) is 0 Å². The third-order valence-corrected chi connectivity index (χ3v) is 3.93. The first kappa shape index (κ1) is 12.1. The van der Waals surface area contributed by atoms with Crippen molar-refractivity contribution in [2.45, 2.75) is 32.5 Å². The monoisotopic (exact) mass is 282 g/mol. The Balaban J connectivity index is 2.03. The van der Waals surface area contributed by atoms with Crippen molar-refractivity contribution < 1.29 is 0 Å². The van der Waals surface area contributed by atoms with E-state index in [9.17, 15) is 0 Å². The van der Waals surface area contributed by atoms with Crippen molar-refractivity contribution in [3.8, 4) is 0 Å². The summed E-state index contributed by atoms with van der Waals surface area (Å²) in [6, 6.07) is 9.78. The van der Waals surface area contributed by atoms with Crippen LogP contribution in [0.25, 0.3) is 0 Å². The fraction of sp³-hybridized carbons (Fsp3) is 0.538. The minimum atomic E-state index is 0.584. The minimum Gasteiger partial charge on any atom is -0.311 e. The summed E-state index contributed by atoms with van der Waals surface area (Å²) in [4.78, 5) is 2.54. The van der Waals surface area contributed by atoms with Gasteiger partial charge in [-0.05, 0) is 31.5 Å². The molecule has 1 N–H and O–H groups in total. The van der Waals surface area contributed by atoms with Crippen molar-refractivity contribution in [1.29, 1.82) is 0 Å². The van der Waals surface area contributed by atoms with E-state index >= 15 is 0 Å². The molecule has 2 rings (SSSR count). The van der Waals surface area contributed by atoms with Crippen LogP contribution in [0.5, 0.6) is 0 Å². The number of benzene rings is 1. The van der Waals surface area contributed by atoms with Gasteiger partial charge in [0.15, 0.2) is 0 Å². The molecule has 1 heterocycles. The Labute approximate surface area is 106 Å². The van der Waals surface area contributed by atoms with Gasteiger partial charge in [0, 0.05) is 36.2 Å². The Hall–Kier alpha value is -0.380. The SMILES string of the molecule is CC1NCCN(Cc2cccc(Br)c2)C1C. The molecule has 2 atom stereocenters. The van der Waals surface area contributed by atoms with Gasteiger partial charge in [-0.2, -0.15) is 0 Å². The van der Waals surface area contributed by atoms with Crippen LogP contribution >= 0.6 is 15.9 Å². The molecule has 0 aromatic heterocycles. The van der Waals surface area contributed by atoms with Crippen LogP contribution in [0.4, 0.5) is 0 Å². The van der Waals surface area contributed by atoms with E-state index in [1.54, 1.807) is 0 Å². The molecule has 1 aromatic rings. The molecule has 1 saturated heterocycles. The quantitative estimate of drug-likeness (QED) is 0.897. The summed E-state index contributed by atoms with van der Waals surface area (Å²) in [5.41, 5.74) is 1.38. The van der Waals surface area contributed by atoms with E-state index < -0.39 is 0 Å². The van der Waals surface area contributed by atoms with Crippen LogP contribution in [0.2, 0.25) is 0 Å². The van der Waals surface area contributed by atoms with E-state index in [2.05, 4.69) is 64.3 Å². The minimum absolute atomic E-state index is 0.584. The zero-order chi connectivity index (χ0) is 11.5. The Kier molecular flexibility index (Phi) is 4.00. The molecule has 3 heteroatoms. The predicted octanol–water partition coefficient (Wildman–Crippen LogP) is 2.63. The van der Waals surface area contributed by atoms with Gasteiger partial charge >= 0.3 is 0 Å². The molecule has 2 unspecified atom stereocenters. The van der Waals surface area contributed by atoms with Crippen LogP contribution in [-0.2, 0) is 6.54 Å². The highest BCUT2D eigenvalue weighted by molar-refractivity contribution is 9.10. The average molecular weight is 283 g/mol. The van der Waals surface area contributed by atoms with Crippen LogP contribution in [0.3, 0.4) is 0 Å². The highest BCUT2D eigenvalue weighted by Crippen LogP contribution is 2.16. The molecule has 0 aliphatic carbocycles. The van der Waals surface area contributed by atoms with E-state index in [1.165, 1.54) is 10.0 Å². The van der Waals surface area contributed by atoms with Gasteiger partial charge in [-0.15, -0.1) is 0 Å². The van der Waals surface area contributed by atoms with Gasteiger partial charge in [0.1, 0.15) is 0 Å². The maximum absolute atomic E-state index is 3.52. The lowest BCUT2D eigenvalue weighted by molar-refractivity contribution is 0.131. The van der Waals surface area contributed by atoms with Crippen LogP contribution in [0.15, 0.2) is 28.7 Å². The summed E-state index contributed by atoms with van der Waals surface area (Å²) in [6.07, 6.45) is 0. The Bertz CT molecular complexity index is 354. The number of nitrogens with zero attached hydrogens (tertiary/aromatic N) is 1. The van der Waals surface area contributed by atoms with E-state index in [0.29, 0.717) is 12.1 Å². The first-order valence-electron chi connectivity index (χ1n) is 5.88. The summed E-state index contributed by atoms with van der Waals surface area (Å²) in [7, 11) is 0. The van der Waals surface area contributed by atoms with Gasteiger partial charge < -0.3 is 5.32 Å². The van der Waals surface area contributed by atoms with Crippen molar-refractivity contribution in [3.63, 3.8) is 0 Å². The molecule has 16 heavy (non-hydrogen) atoms. The number of rotatable bonds is 2. The first-order valence-corrected chi connectivity index (χ1v) is 6.68.